The van der Waals surface area contributed by atoms with Crippen LogP contribution in [0.2, 0.25) is 0 Å². The molecule has 2 heteroatoms. The zero-order chi connectivity index (χ0) is 12.4. The second-order valence-electron chi connectivity index (χ2n) is 4.65. The van der Waals surface area contributed by atoms with Gasteiger partial charge in [-0.15, -0.1) is 0 Å². The van der Waals surface area contributed by atoms with Crippen molar-refractivity contribution in [1.29, 1.82) is 0 Å². The van der Waals surface area contributed by atoms with Gasteiger partial charge in [-0.05, 0) is 52.9 Å². The lowest BCUT2D eigenvalue weighted by molar-refractivity contribution is -0.129. The minimum atomic E-state index is -0.0602. The first kappa shape index (κ1) is 15.7. The van der Waals surface area contributed by atoms with Crippen LogP contribution in [0.4, 0.5) is 0 Å². The minimum absolute atomic E-state index is 0.0602. The van der Waals surface area contributed by atoms with Gasteiger partial charge in [0.15, 0.2) is 6.29 Å². The lowest BCUT2D eigenvalue weighted by Gasteiger charge is -2.15. The summed E-state index contributed by atoms with van der Waals surface area (Å²) in [7, 11) is 0. The van der Waals surface area contributed by atoms with Crippen LogP contribution in [-0.2, 0) is 9.47 Å². The van der Waals surface area contributed by atoms with Gasteiger partial charge in [0.1, 0.15) is 0 Å². The molecule has 0 aliphatic heterocycles. The van der Waals surface area contributed by atoms with E-state index in [4.69, 9.17) is 9.47 Å². The van der Waals surface area contributed by atoms with E-state index in [1.807, 2.05) is 13.8 Å². The van der Waals surface area contributed by atoms with Crippen LogP contribution in [0, 0.1) is 5.92 Å². The zero-order valence-corrected chi connectivity index (χ0v) is 11.6. The van der Waals surface area contributed by atoms with Crippen molar-refractivity contribution >= 4 is 0 Å². The van der Waals surface area contributed by atoms with Crippen molar-refractivity contribution in [2.45, 2.75) is 60.2 Å². The average molecular weight is 228 g/mol. The fourth-order valence-corrected chi connectivity index (χ4v) is 1.52. The van der Waals surface area contributed by atoms with Crippen LogP contribution >= 0.6 is 0 Å². The third kappa shape index (κ3) is 10.2. The van der Waals surface area contributed by atoms with Crippen molar-refractivity contribution in [2.24, 2.45) is 5.92 Å². The Bertz CT molecular complexity index is 183. The van der Waals surface area contributed by atoms with Gasteiger partial charge < -0.3 is 9.47 Å². The van der Waals surface area contributed by atoms with Crippen molar-refractivity contribution in [3.05, 3.63) is 11.6 Å². The summed E-state index contributed by atoms with van der Waals surface area (Å²) in [5.41, 5.74) is 1.41. The highest BCUT2D eigenvalue weighted by Gasteiger charge is 2.04. The van der Waals surface area contributed by atoms with E-state index in [9.17, 15) is 0 Å². The molecule has 2 unspecified atom stereocenters. The molecule has 0 rings (SSSR count). The lowest BCUT2D eigenvalue weighted by atomic mass is 10.0. The molecule has 16 heavy (non-hydrogen) atoms. The SMILES string of the molecule is CCOC(C)OCCC(C)CCC=C(C)C. The van der Waals surface area contributed by atoms with Gasteiger partial charge in [-0.25, -0.2) is 0 Å². The Morgan fingerprint density at radius 2 is 1.81 bits per heavy atom. The predicted molar refractivity (Wildman–Crippen MR) is 69.5 cm³/mol. The van der Waals surface area contributed by atoms with Gasteiger partial charge in [0.05, 0.1) is 0 Å². The average Bonchev–Trinajstić information content (AvgIpc) is 2.17. The summed E-state index contributed by atoms with van der Waals surface area (Å²) < 4.78 is 10.8. The maximum atomic E-state index is 5.54. The van der Waals surface area contributed by atoms with E-state index in [2.05, 4.69) is 26.8 Å². The van der Waals surface area contributed by atoms with Gasteiger partial charge in [0.2, 0.25) is 0 Å². The molecule has 0 radical (unpaired) electrons. The van der Waals surface area contributed by atoms with E-state index >= 15 is 0 Å². The molecule has 0 spiro atoms. The summed E-state index contributed by atoms with van der Waals surface area (Å²) in [5.74, 6) is 0.726. The number of allylic oxidation sites excluding steroid dienone is 2. The molecule has 0 aliphatic carbocycles. The highest BCUT2D eigenvalue weighted by atomic mass is 16.7. The Morgan fingerprint density at radius 3 is 2.38 bits per heavy atom. The third-order valence-electron chi connectivity index (χ3n) is 2.58. The predicted octanol–water partition coefficient (Wildman–Crippen LogP) is 4.16. The fourth-order valence-electron chi connectivity index (χ4n) is 1.52. The second-order valence-corrected chi connectivity index (χ2v) is 4.65. The summed E-state index contributed by atoms with van der Waals surface area (Å²) in [6.45, 7) is 12.1. The fraction of sp³-hybridized carbons (Fsp3) is 0.857. The monoisotopic (exact) mass is 228 g/mol. The summed E-state index contributed by atoms with van der Waals surface area (Å²) >= 11 is 0. The van der Waals surface area contributed by atoms with Crippen molar-refractivity contribution in [3.8, 4) is 0 Å². The quantitative estimate of drug-likeness (QED) is 0.436. The number of ether oxygens (including phenoxy) is 2. The molecule has 2 atom stereocenters. The summed E-state index contributed by atoms with van der Waals surface area (Å²) in [4.78, 5) is 0. The second kappa shape index (κ2) is 9.86. The molecule has 0 aromatic rings. The van der Waals surface area contributed by atoms with Crippen LogP contribution < -0.4 is 0 Å². The Labute approximate surface area is 101 Å². The standard InChI is InChI=1S/C14H28O2/c1-6-15-14(5)16-11-10-13(4)9-7-8-12(2)3/h8,13-14H,6-7,9-11H2,1-5H3. The zero-order valence-electron chi connectivity index (χ0n) is 11.6. The Hall–Kier alpha value is -0.340. The van der Waals surface area contributed by atoms with Gasteiger partial charge in [0, 0.05) is 13.2 Å². The van der Waals surface area contributed by atoms with Crippen LogP contribution in [0.5, 0.6) is 0 Å². The summed E-state index contributed by atoms with van der Waals surface area (Å²) in [6, 6.07) is 0. The lowest BCUT2D eigenvalue weighted by Crippen LogP contribution is -2.14. The van der Waals surface area contributed by atoms with Crippen molar-refractivity contribution in [1.82, 2.24) is 0 Å². The molecular formula is C14H28O2. The van der Waals surface area contributed by atoms with Crippen LogP contribution in [-0.4, -0.2) is 19.5 Å². The van der Waals surface area contributed by atoms with E-state index in [0.29, 0.717) is 0 Å². The molecule has 96 valence electrons. The maximum Gasteiger partial charge on any atom is 0.154 e. The molecule has 0 aromatic heterocycles. The largest absolute Gasteiger partial charge is 0.353 e. The highest BCUT2D eigenvalue weighted by molar-refractivity contribution is 4.92. The van der Waals surface area contributed by atoms with E-state index in [1.54, 1.807) is 0 Å². The van der Waals surface area contributed by atoms with E-state index in [1.165, 1.54) is 18.4 Å². The molecule has 0 bridgehead atoms. The van der Waals surface area contributed by atoms with Gasteiger partial charge in [-0.2, -0.15) is 0 Å². The summed E-state index contributed by atoms with van der Waals surface area (Å²) in [6.07, 6.45) is 5.80. The van der Waals surface area contributed by atoms with Gasteiger partial charge in [-0.1, -0.05) is 18.6 Å². The Kier molecular flexibility index (Phi) is 9.65. The number of hydrogen-bond acceptors (Lipinski definition) is 2. The number of rotatable bonds is 9. The topological polar surface area (TPSA) is 18.5 Å². The van der Waals surface area contributed by atoms with Crippen LogP contribution in [0.1, 0.15) is 53.9 Å². The maximum absolute atomic E-state index is 5.54. The molecule has 2 nitrogen and oxygen atoms in total. The van der Waals surface area contributed by atoms with E-state index in [-0.39, 0.29) is 6.29 Å². The summed E-state index contributed by atoms with van der Waals surface area (Å²) in [5, 5.41) is 0. The van der Waals surface area contributed by atoms with E-state index < -0.39 is 0 Å². The normalized spacial score (nSPS) is 14.6. The Morgan fingerprint density at radius 1 is 1.12 bits per heavy atom. The molecule has 0 fully saturated rings. The first-order valence-corrected chi connectivity index (χ1v) is 6.42. The van der Waals surface area contributed by atoms with Crippen LogP contribution in [0.25, 0.3) is 0 Å². The van der Waals surface area contributed by atoms with Crippen LogP contribution in [0.15, 0.2) is 11.6 Å². The molecule has 0 amide bonds. The highest BCUT2D eigenvalue weighted by Crippen LogP contribution is 2.12. The van der Waals surface area contributed by atoms with Crippen molar-refractivity contribution in [2.75, 3.05) is 13.2 Å². The minimum Gasteiger partial charge on any atom is -0.353 e. The van der Waals surface area contributed by atoms with Gasteiger partial charge in [-0.3, -0.25) is 0 Å². The van der Waals surface area contributed by atoms with Gasteiger partial charge >= 0.3 is 0 Å². The smallest absolute Gasteiger partial charge is 0.154 e. The van der Waals surface area contributed by atoms with Crippen LogP contribution in [0.3, 0.4) is 0 Å². The Balaban J connectivity index is 3.43. The first-order chi connectivity index (χ1) is 7.56. The van der Waals surface area contributed by atoms with Crippen molar-refractivity contribution in [3.63, 3.8) is 0 Å². The molecule has 0 aromatic carbocycles. The van der Waals surface area contributed by atoms with Gasteiger partial charge in [0.25, 0.3) is 0 Å². The molecule has 0 saturated heterocycles. The molecule has 0 heterocycles. The molecule has 0 saturated carbocycles. The molecule has 0 N–H and O–H groups in total. The molecular weight excluding hydrogens is 200 g/mol. The van der Waals surface area contributed by atoms with E-state index in [0.717, 1.165) is 25.6 Å². The first-order valence-electron chi connectivity index (χ1n) is 6.42. The van der Waals surface area contributed by atoms with Crippen molar-refractivity contribution < 1.29 is 9.47 Å². The number of hydrogen-bond donors (Lipinski definition) is 0. The third-order valence-corrected chi connectivity index (χ3v) is 2.58. The molecule has 0 aliphatic rings.